The van der Waals surface area contributed by atoms with E-state index in [1.165, 1.54) is 87.3 Å². The summed E-state index contributed by atoms with van der Waals surface area (Å²) in [6, 6.07) is 87.1. The summed E-state index contributed by atoms with van der Waals surface area (Å²) in [4.78, 5) is 5.00. The Bertz CT molecular complexity index is 3160. The SMILES string of the molecule is c1ccc(-c2ccc(N(c3ccc(-c4ccccc4)cc3)c3ccc(-c4ccc5c(c4)C4(c6ccccc6Sc6ccc7ccccc7c64)c4ccccc4-5)cc3)cc2)cc1. The van der Waals surface area contributed by atoms with Gasteiger partial charge in [0.2, 0.25) is 0 Å². The van der Waals surface area contributed by atoms with Crippen molar-refractivity contribution in [2.24, 2.45) is 0 Å². The topological polar surface area (TPSA) is 3.24 Å². The molecule has 0 amide bonds. The van der Waals surface area contributed by atoms with E-state index >= 15 is 0 Å². The van der Waals surface area contributed by atoms with Crippen LogP contribution >= 0.6 is 11.8 Å². The summed E-state index contributed by atoms with van der Waals surface area (Å²) in [5.41, 5.74) is 18.1. The second kappa shape index (κ2) is 14.4. The zero-order valence-electron chi connectivity index (χ0n) is 33.4. The van der Waals surface area contributed by atoms with Crippen LogP contribution in [-0.4, -0.2) is 0 Å². The van der Waals surface area contributed by atoms with Gasteiger partial charge in [0.15, 0.2) is 0 Å². The average molecular weight is 794 g/mol. The Kier molecular flexibility index (Phi) is 8.40. The first-order valence-electron chi connectivity index (χ1n) is 21.0. The summed E-state index contributed by atoms with van der Waals surface area (Å²) in [6.07, 6.45) is 0. The summed E-state index contributed by atoms with van der Waals surface area (Å²) in [7, 11) is 0. The molecule has 1 heterocycles. The van der Waals surface area contributed by atoms with Crippen LogP contribution in [0.15, 0.2) is 246 Å². The molecule has 1 spiro atoms. The normalized spacial score (nSPS) is 14.6. The van der Waals surface area contributed by atoms with Crippen molar-refractivity contribution in [1.82, 2.24) is 0 Å². The van der Waals surface area contributed by atoms with Crippen molar-refractivity contribution in [3.8, 4) is 44.5 Å². The van der Waals surface area contributed by atoms with Crippen LogP contribution in [0.5, 0.6) is 0 Å². The molecule has 0 saturated heterocycles. The number of hydrogen-bond donors (Lipinski definition) is 0. The van der Waals surface area contributed by atoms with E-state index in [0.29, 0.717) is 0 Å². The Hall–Kier alpha value is -7.39. The maximum atomic E-state index is 2.49. The van der Waals surface area contributed by atoms with E-state index in [1.807, 2.05) is 11.8 Å². The molecule has 0 bridgehead atoms. The Balaban J connectivity index is 0.990. The molecule has 0 radical (unpaired) electrons. The van der Waals surface area contributed by atoms with Gasteiger partial charge in [0.25, 0.3) is 0 Å². The highest BCUT2D eigenvalue weighted by Gasteiger charge is 2.51. The third-order valence-electron chi connectivity index (χ3n) is 12.7. The van der Waals surface area contributed by atoms with E-state index in [-0.39, 0.29) is 0 Å². The molecule has 1 unspecified atom stereocenters. The smallest absolute Gasteiger partial charge is 0.0741 e. The molecule has 2 heteroatoms. The first kappa shape index (κ1) is 35.5. The van der Waals surface area contributed by atoms with Crippen LogP contribution in [0.1, 0.15) is 22.3 Å². The van der Waals surface area contributed by atoms with Gasteiger partial charge in [0.05, 0.1) is 5.41 Å². The molecule has 2 aliphatic rings. The molecule has 1 aliphatic carbocycles. The summed E-state index contributed by atoms with van der Waals surface area (Å²) in [5.74, 6) is 0. The fourth-order valence-corrected chi connectivity index (χ4v) is 11.2. The zero-order valence-corrected chi connectivity index (χ0v) is 34.2. The van der Waals surface area contributed by atoms with Gasteiger partial charge < -0.3 is 4.90 Å². The van der Waals surface area contributed by atoms with Gasteiger partial charge in [-0.15, -0.1) is 0 Å². The maximum absolute atomic E-state index is 2.49. The lowest BCUT2D eigenvalue weighted by Crippen LogP contribution is -2.32. The molecule has 61 heavy (non-hydrogen) atoms. The Labute approximate surface area is 361 Å². The third-order valence-corrected chi connectivity index (χ3v) is 13.9. The highest BCUT2D eigenvalue weighted by molar-refractivity contribution is 7.99. The quantitative estimate of drug-likeness (QED) is 0.165. The predicted octanol–water partition coefficient (Wildman–Crippen LogP) is 16.1. The minimum Gasteiger partial charge on any atom is -0.311 e. The number of hydrogen-bond acceptors (Lipinski definition) is 2. The molecule has 12 rings (SSSR count). The first-order chi connectivity index (χ1) is 30.2. The standard InChI is InChI=1S/C59H39NS/c1-3-13-40(14-4-1)42-23-31-47(32-24-42)60(48-33-25-43(26-34-48)41-15-5-2-6-16-41)49-35-27-44(28-36-49)46-29-37-52-51-19-9-10-20-53(51)59(55(52)39-46)54-21-11-12-22-56(54)61-57-38-30-45-17-7-8-18-50(45)58(57)59/h1-39H. The third kappa shape index (κ3) is 5.71. The number of rotatable bonds is 6. The molecule has 1 nitrogen and oxygen atoms in total. The van der Waals surface area contributed by atoms with E-state index in [9.17, 15) is 0 Å². The minimum absolute atomic E-state index is 0.464. The van der Waals surface area contributed by atoms with Crippen molar-refractivity contribution >= 4 is 39.6 Å². The number of benzene rings is 10. The van der Waals surface area contributed by atoms with Crippen LogP contribution in [0.2, 0.25) is 0 Å². The predicted molar refractivity (Wildman–Crippen MR) is 256 cm³/mol. The van der Waals surface area contributed by atoms with Crippen LogP contribution in [0, 0.1) is 0 Å². The van der Waals surface area contributed by atoms with Gasteiger partial charge in [-0.25, -0.2) is 0 Å². The van der Waals surface area contributed by atoms with Crippen LogP contribution in [0.25, 0.3) is 55.3 Å². The van der Waals surface area contributed by atoms with E-state index < -0.39 is 5.41 Å². The molecule has 10 aromatic rings. The van der Waals surface area contributed by atoms with Gasteiger partial charge >= 0.3 is 0 Å². The van der Waals surface area contributed by atoms with Crippen molar-refractivity contribution in [3.05, 3.63) is 259 Å². The van der Waals surface area contributed by atoms with Crippen LogP contribution in [-0.2, 0) is 5.41 Å². The summed E-state index contributed by atoms with van der Waals surface area (Å²) >= 11 is 1.90. The fraction of sp³-hybridized carbons (Fsp3) is 0.0169. The van der Waals surface area contributed by atoms with E-state index in [4.69, 9.17) is 0 Å². The number of anilines is 3. The van der Waals surface area contributed by atoms with Gasteiger partial charge in [0.1, 0.15) is 0 Å². The summed E-state index contributed by atoms with van der Waals surface area (Å²) in [5, 5.41) is 2.58. The van der Waals surface area contributed by atoms with E-state index in [0.717, 1.165) is 17.1 Å². The van der Waals surface area contributed by atoms with Crippen LogP contribution in [0.3, 0.4) is 0 Å². The lowest BCUT2D eigenvalue weighted by atomic mass is 9.66. The molecule has 1 aliphatic heterocycles. The number of fused-ring (bicyclic) bond motifs is 11. The molecular weight excluding hydrogens is 755 g/mol. The van der Waals surface area contributed by atoms with Gasteiger partial charge in [-0.3, -0.25) is 0 Å². The molecular formula is C59H39NS. The van der Waals surface area contributed by atoms with E-state index in [2.05, 4.69) is 241 Å². The highest BCUT2D eigenvalue weighted by Crippen LogP contribution is 2.63. The molecule has 0 fully saturated rings. The van der Waals surface area contributed by atoms with Crippen molar-refractivity contribution in [2.75, 3.05) is 4.90 Å². The van der Waals surface area contributed by atoms with E-state index in [1.54, 1.807) is 0 Å². The monoisotopic (exact) mass is 793 g/mol. The lowest BCUT2D eigenvalue weighted by Gasteiger charge is -2.40. The second-order valence-electron chi connectivity index (χ2n) is 16.0. The maximum Gasteiger partial charge on any atom is 0.0741 e. The van der Waals surface area contributed by atoms with Crippen molar-refractivity contribution in [1.29, 1.82) is 0 Å². The fourth-order valence-electron chi connectivity index (χ4n) is 9.98. The molecule has 10 aromatic carbocycles. The van der Waals surface area contributed by atoms with Gasteiger partial charge in [-0.05, 0) is 132 Å². The Morgan fingerprint density at radius 1 is 0.311 bits per heavy atom. The minimum atomic E-state index is -0.464. The molecule has 1 atom stereocenters. The lowest BCUT2D eigenvalue weighted by molar-refractivity contribution is 0.731. The highest BCUT2D eigenvalue weighted by atomic mass is 32.2. The zero-order chi connectivity index (χ0) is 40.3. The molecule has 0 saturated carbocycles. The Morgan fingerprint density at radius 2 is 0.787 bits per heavy atom. The van der Waals surface area contributed by atoms with Crippen LogP contribution < -0.4 is 4.90 Å². The molecule has 286 valence electrons. The number of nitrogens with zero attached hydrogens (tertiary/aromatic N) is 1. The average Bonchev–Trinajstić information content (AvgIpc) is 3.62. The summed E-state index contributed by atoms with van der Waals surface area (Å²) in [6.45, 7) is 0. The van der Waals surface area contributed by atoms with Crippen molar-refractivity contribution in [3.63, 3.8) is 0 Å². The van der Waals surface area contributed by atoms with Gasteiger partial charge in [-0.1, -0.05) is 194 Å². The Morgan fingerprint density at radius 3 is 1.43 bits per heavy atom. The second-order valence-corrected chi connectivity index (χ2v) is 17.1. The molecule has 0 N–H and O–H groups in total. The van der Waals surface area contributed by atoms with Crippen LogP contribution in [0.4, 0.5) is 17.1 Å². The van der Waals surface area contributed by atoms with Crippen molar-refractivity contribution < 1.29 is 0 Å². The largest absolute Gasteiger partial charge is 0.311 e. The first-order valence-corrected chi connectivity index (χ1v) is 21.8. The summed E-state index contributed by atoms with van der Waals surface area (Å²) < 4.78 is 0. The molecule has 0 aromatic heterocycles. The van der Waals surface area contributed by atoms with Gasteiger partial charge in [-0.2, -0.15) is 0 Å². The van der Waals surface area contributed by atoms with Gasteiger partial charge in [0, 0.05) is 26.9 Å². The van der Waals surface area contributed by atoms with Crippen molar-refractivity contribution in [2.45, 2.75) is 15.2 Å².